The number of nitrogens with zero attached hydrogens (tertiary/aromatic N) is 1. The Balaban J connectivity index is 2.21. The Labute approximate surface area is 135 Å². The first-order valence-corrected chi connectivity index (χ1v) is 7.91. The van der Waals surface area contributed by atoms with Gasteiger partial charge in [-0.1, -0.05) is 6.08 Å². The molecule has 0 spiro atoms. The van der Waals surface area contributed by atoms with Gasteiger partial charge in [0.05, 0.1) is 22.4 Å². The second kappa shape index (κ2) is 5.35. The highest BCUT2D eigenvalue weighted by molar-refractivity contribution is 6.60. The van der Waals surface area contributed by atoms with E-state index in [1.165, 1.54) is 0 Å². The molecule has 0 aromatic rings. The molecule has 0 radical (unpaired) electrons. The molecule has 5 nitrogen and oxygen atoms in total. The van der Waals surface area contributed by atoms with Crippen molar-refractivity contribution in [2.75, 3.05) is 6.54 Å². The van der Waals surface area contributed by atoms with Crippen LogP contribution in [0.2, 0.25) is 0 Å². The Morgan fingerprint density at radius 3 is 1.23 bits per heavy atom. The third kappa shape index (κ3) is 2.89. The van der Waals surface area contributed by atoms with E-state index in [1.807, 2.05) is 60.1 Å². The zero-order valence-corrected chi connectivity index (χ0v) is 15.2. The molecule has 0 unspecified atom stereocenters. The average Bonchev–Trinajstić information content (AvgIpc) is 2.65. The van der Waals surface area contributed by atoms with E-state index in [0.29, 0.717) is 6.54 Å². The van der Waals surface area contributed by atoms with Crippen LogP contribution >= 0.6 is 0 Å². The van der Waals surface area contributed by atoms with E-state index in [2.05, 4.69) is 6.58 Å². The van der Waals surface area contributed by atoms with Crippen LogP contribution in [-0.2, 0) is 18.6 Å². The van der Waals surface area contributed by atoms with E-state index in [9.17, 15) is 0 Å². The van der Waals surface area contributed by atoms with Gasteiger partial charge in [0.25, 0.3) is 0 Å². The van der Waals surface area contributed by atoms with E-state index in [0.717, 1.165) is 0 Å². The fraction of sp³-hybridized carbons (Fsp3) is 0.867. The first-order valence-electron chi connectivity index (χ1n) is 7.91. The summed E-state index contributed by atoms with van der Waals surface area (Å²) in [5.41, 5.74) is -1.61. The lowest BCUT2D eigenvalue weighted by molar-refractivity contribution is 0.00578. The lowest BCUT2D eigenvalue weighted by atomic mass is 9.89. The molecule has 2 rings (SSSR count). The normalized spacial score (nSPS) is 28.4. The van der Waals surface area contributed by atoms with Crippen LogP contribution in [-0.4, -0.2) is 48.2 Å². The minimum atomic E-state index is -0.530. The number of hydrogen-bond acceptors (Lipinski definition) is 5. The Kier molecular flexibility index (Phi) is 4.38. The van der Waals surface area contributed by atoms with Gasteiger partial charge in [0.1, 0.15) is 0 Å². The highest BCUT2D eigenvalue weighted by atomic mass is 16.7. The summed E-state index contributed by atoms with van der Waals surface area (Å²) in [6, 6.07) is 0. The van der Waals surface area contributed by atoms with Crippen LogP contribution in [0, 0.1) is 0 Å². The van der Waals surface area contributed by atoms with E-state index >= 15 is 0 Å². The van der Waals surface area contributed by atoms with Gasteiger partial charge in [0.15, 0.2) is 0 Å². The van der Waals surface area contributed by atoms with Crippen molar-refractivity contribution >= 4 is 14.5 Å². The molecular weight excluding hydrogens is 280 g/mol. The Morgan fingerprint density at radius 2 is 1.00 bits per heavy atom. The summed E-state index contributed by atoms with van der Waals surface area (Å²) in [6.07, 6.45) is 1.80. The molecule has 2 heterocycles. The van der Waals surface area contributed by atoms with Crippen LogP contribution in [0.5, 0.6) is 0 Å². The van der Waals surface area contributed by atoms with Crippen molar-refractivity contribution in [3.8, 4) is 0 Å². The zero-order chi connectivity index (χ0) is 17.0. The van der Waals surface area contributed by atoms with Gasteiger partial charge in [-0.2, -0.15) is 0 Å². The number of rotatable bonds is 4. The number of hydrogen-bond donors (Lipinski definition) is 0. The Morgan fingerprint density at radius 1 is 0.727 bits per heavy atom. The van der Waals surface area contributed by atoms with Crippen LogP contribution in [0.25, 0.3) is 0 Å². The lowest BCUT2D eigenvalue weighted by Gasteiger charge is -2.32. The summed E-state index contributed by atoms with van der Waals surface area (Å²) in [4.78, 5) is 0. The molecule has 0 aromatic heterocycles. The van der Waals surface area contributed by atoms with Crippen molar-refractivity contribution in [1.82, 2.24) is 4.72 Å². The van der Waals surface area contributed by atoms with Gasteiger partial charge in [-0.15, -0.1) is 6.58 Å². The molecule has 2 saturated heterocycles. The highest BCUT2D eigenvalue weighted by Gasteiger charge is 2.60. The summed E-state index contributed by atoms with van der Waals surface area (Å²) < 4.78 is 26.4. The van der Waals surface area contributed by atoms with Crippen LogP contribution in [0.1, 0.15) is 55.4 Å². The minimum absolute atomic E-state index is 0.402. The van der Waals surface area contributed by atoms with Crippen LogP contribution in [0.3, 0.4) is 0 Å². The third-order valence-electron chi connectivity index (χ3n) is 5.36. The molecule has 2 aliphatic rings. The SMILES string of the molecule is C=CCN(B1OC(C)(C)C(C)(C)O1)B1OC(C)(C)C(C)(C)O1. The van der Waals surface area contributed by atoms with E-state index in [-0.39, 0.29) is 0 Å². The second-order valence-electron chi connectivity index (χ2n) is 8.11. The van der Waals surface area contributed by atoms with Gasteiger partial charge in [-0.05, 0) is 55.4 Å². The second-order valence-corrected chi connectivity index (χ2v) is 8.11. The van der Waals surface area contributed by atoms with Crippen LogP contribution in [0.4, 0.5) is 0 Å². The van der Waals surface area contributed by atoms with Crippen molar-refractivity contribution in [1.29, 1.82) is 0 Å². The Bertz CT molecular complexity index is 383. The van der Waals surface area contributed by atoms with Gasteiger partial charge in [-0.25, -0.2) is 0 Å². The maximum Gasteiger partial charge on any atom is 0.551 e. The monoisotopic (exact) mass is 309 g/mol. The molecule has 0 bridgehead atoms. The highest BCUT2D eigenvalue weighted by Crippen LogP contribution is 2.41. The predicted molar refractivity (Wildman–Crippen MR) is 89.1 cm³/mol. The standard InChI is InChI=1S/C15H29B2NO4/c1-10-11-18(16-19-12(2,3)13(4,5)20-16)17-21-14(6,7)15(8,9)22-17/h10H,1,11H2,2-9H3. The van der Waals surface area contributed by atoms with Crippen molar-refractivity contribution in [3.05, 3.63) is 12.7 Å². The molecule has 0 atom stereocenters. The Hall–Kier alpha value is -0.330. The van der Waals surface area contributed by atoms with Gasteiger partial charge in [0, 0.05) is 6.54 Å². The van der Waals surface area contributed by atoms with Crippen molar-refractivity contribution in [2.45, 2.75) is 77.8 Å². The summed E-state index contributed by atoms with van der Waals surface area (Å²) >= 11 is 0. The van der Waals surface area contributed by atoms with Crippen molar-refractivity contribution in [3.63, 3.8) is 0 Å². The maximum absolute atomic E-state index is 6.12. The molecule has 2 fully saturated rings. The van der Waals surface area contributed by atoms with Gasteiger partial charge < -0.3 is 18.6 Å². The fourth-order valence-electron chi connectivity index (χ4n) is 2.32. The third-order valence-corrected chi connectivity index (χ3v) is 5.36. The zero-order valence-electron chi connectivity index (χ0n) is 15.2. The summed E-state index contributed by atoms with van der Waals surface area (Å²) in [6.45, 7) is 20.6. The van der Waals surface area contributed by atoms with Crippen LogP contribution < -0.4 is 0 Å². The summed E-state index contributed by atoms with van der Waals surface area (Å²) in [5.74, 6) is 0. The summed E-state index contributed by atoms with van der Waals surface area (Å²) in [5, 5.41) is 0. The molecule has 0 aliphatic carbocycles. The van der Waals surface area contributed by atoms with E-state index in [1.54, 1.807) is 6.08 Å². The minimum Gasteiger partial charge on any atom is -0.390 e. The molecule has 0 aromatic carbocycles. The molecule has 2 aliphatic heterocycles. The molecule has 0 saturated carbocycles. The topological polar surface area (TPSA) is 40.2 Å². The quantitative estimate of drug-likeness (QED) is 0.590. The smallest absolute Gasteiger partial charge is 0.390 e. The average molecular weight is 309 g/mol. The molecular formula is C15H29B2NO4. The van der Waals surface area contributed by atoms with Crippen molar-refractivity contribution < 1.29 is 18.6 Å². The molecule has 0 amide bonds. The molecule has 22 heavy (non-hydrogen) atoms. The summed E-state index contributed by atoms with van der Waals surface area (Å²) in [7, 11) is -1.06. The molecule has 0 N–H and O–H groups in total. The largest absolute Gasteiger partial charge is 0.551 e. The van der Waals surface area contributed by atoms with Gasteiger partial charge in [0.2, 0.25) is 0 Å². The van der Waals surface area contributed by atoms with Crippen LogP contribution in [0.15, 0.2) is 12.7 Å². The van der Waals surface area contributed by atoms with E-state index in [4.69, 9.17) is 18.6 Å². The molecule has 124 valence electrons. The lowest BCUT2D eigenvalue weighted by Crippen LogP contribution is -2.53. The van der Waals surface area contributed by atoms with Crippen molar-refractivity contribution in [2.24, 2.45) is 0 Å². The van der Waals surface area contributed by atoms with Gasteiger partial charge >= 0.3 is 14.5 Å². The molecule has 7 heteroatoms. The van der Waals surface area contributed by atoms with E-state index < -0.39 is 36.9 Å². The first kappa shape index (κ1) is 18.0. The van der Waals surface area contributed by atoms with Gasteiger partial charge in [-0.3, -0.25) is 4.72 Å². The first-order chi connectivity index (χ1) is 9.83. The maximum atomic E-state index is 6.12. The fourth-order valence-corrected chi connectivity index (χ4v) is 2.32. The predicted octanol–water partition coefficient (Wildman–Crippen LogP) is 2.65.